The van der Waals surface area contributed by atoms with E-state index < -0.39 is 0 Å². The zero-order chi connectivity index (χ0) is 17.1. The van der Waals surface area contributed by atoms with E-state index in [-0.39, 0.29) is 0 Å². The molecule has 0 unspecified atom stereocenters. The molecule has 6 nitrogen and oxygen atoms in total. The molecule has 0 bridgehead atoms. The van der Waals surface area contributed by atoms with Gasteiger partial charge < -0.3 is 14.6 Å². The van der Waals surface area contributed by atoms with Gasteiger partial charge in [-0.05, 0) is 37.2 Å². The molecule has 0 spiro atoms. The highest BCUT2D eigenvalue weighted by atomic mass is 16.3. The third kappa shape index (κ3) is 3.39. The Morgan fingerprint density at radius 3 is 2.76 bits per heavy atom. The van der Waals surface area contributed by atoms with Gasteiger partial charge in [-0.2, -0.15) is 0 Å². The van der Waals surface area contributed by atoms with Gasteiger partial charge in [-0.15, -0.1) is 0 Å². The van der Waals surface area contributed by atoms with Gasteiger partial charge >= 0.3 is 0 Å². The fourth-order valence-electron chi connectivity index (χ4n) is 3.18. The van der Waals surface area contributed by atoms with Crippen molar-refractivity contribution in [1.82, 2.24) is 20.3 Å². The zero-order valence-electron chi connectivity index (χ0n) is 14.3. The van der Waals surface area contributed by atoms with Crippen LogP contribution in [0.15, 0.2) is 47.3 Å². The van der Waals surface area contributed by atoms with Gasteiger partial charge in [-0.1, -0.05) is 0 Å². The third-order valence-electron chi connectivity index (χ3n) is 4.43. The average molecular weight is 335 g/mol. The fourth-order valence-corrected chi connectivity index (χ4v) is 3.18. The van der Waals surface area contributed by atoms with E-state index >= 15 is 0 Å². The molecule has 0 radical (unpaired) electrons. The van der Waals surface area contributed by atoms with E-state index in [1.165, 1.54) is 5.56 Å². The molecule has 0 atom stereocenters. The van der Waals surface area contributed by atoms with E-state index in [4.69, 9.17) is 14.4 Å². The highest BCUT2D eigenvalue weighted by Crippen LogP contribution is 2.27. The van der Waals surface area contributed by atoms with E-state index in [0.29, 0.717) is 6.54 Å². The lowest BCUT2D eigenvalue weighted by atomic mass is 10.1. The van der Waals surface area contributed by atoms with Gasteiger partial charge in [0.15, 0.2) is 5.82 Å². The third-order valence-corrected chi connectivity index (χ3v) is 4.43. The van der Waals surface area contributed by atoms with Crippen molar-refractivity contribution in [3.05, 3.63) is 59.9 Å². The molecular formula is C19H21N5O. The molecule has 4 heterocycles. The van der Waals surface area contributed by atoms with Gasteiger partial charge in [-0.3, -0.25) is 4.98 Å². The zero-order valence-corrected chi connectivity index (χ0v) is 14.3. The molecule has 4 rings (SSSR count). The summed E-state index contributed by atoms with van der Waals surface area (Å²) in [6.07, 6.45) is 7.10. The number of aromatic nitrogens is 3. The van der Waals surface area contributed by atoms with Crippen LogP contribution in [-0.2, 0) is 19.4 Å². The van der Waals surface area contributed by atoms with Crippen molar-refractivity contribution in [2.75, 3.05) is 25.0 Å². The highest BCUT2D eigenvalue weighted by Gasteiger charge is 2.20. The molecule has 0 fully saturated rings. The smallest absolute Gasteiger partial charge is 0.161 e. The molecule has 1 aliphatic rings. The van der Waals surface area contributed by atoms with Crippen molar-refractivity contribution < 1.29 is 4.42 Å². The Balaban J connectivity index is 1.77. The molecule has 0 saturated heterocycles. The first-order valence-corrected chi connectivity index (χ1v) is 8.55. The summed E-state index contributed by atoms with van der Waals surface area (Å²) < 4.78 is 5.50. The largest absolute Gasteiger partial charge is 0.467 e. The van der Waals surface area contributed by atoms with Crippen molar-refractivity contribution in [2.24, 2.45) is 0 Å². The van der Waals surface area contributed by atoms with Crippen LogP contribution in [0.5, 0.6) is 0 Å². The van der Waals surface area contributed by atoms with Gasteiger partial charge in [0, 0.05) is 43.5 Å². The molecule has 0 saturated carbocycles. The number of furan rings is 1. The molecule has 128 valence electrons. The number of hydrogen-bond donors (Lipinski definition) is 1. The minimum atomic E-state index is 0.680. The summed E-state index contributed by atoms with van der Waals surface area (Å²) in [5.41, 5.74) is 3.35. The predicted octanol–water partition coefficient (Wildman–Crippen LogP) is 2.46. The minimum Gasteiger partial charge on any atom is -0.467 e. The van der Waals surface area contributed by atoms with Crippen LogP contribution in [0.1, 0.15) is 17.0 Å². The summed E-state index contributed by atoms with van der Waals surface area (Å²) in [5, 5.41) is 3.45. The Morgan fingerprint density at radius 1 is 1.12 bits per heavy atom. The van der Waals surface area contributed by atoms with Gasteiger partial charge in [0.25, 0.3) is 0 Å². The second-order valence-electron chi connectivity index (χ2n) is 6.22. The summed E-state index contributed by atoms with van der Waals surface area (Å²) in [5.74, 6) is 2.66. The van der Waals surface area contributed by atoms with Gasteiger partial charge in [0.1, 0.15) is 11.6 Å². The van der Waals surface area contributed by atoms with E-state index in [0.717, 1.165) is 54.6 Å². The van der Waals surface area contributed by atoms with Crippen LogP contribution >= 0.6 is 0 Å². The molecule has 1 aliphatic heterocycles. The standard InChI is InChI=1S/C19H21N5O/c1-24(13-15-3-2-12-25-15)19-16-6-10-21-11-7-17(16)22-18(23-19)14-4-8-20-9-5-14/h2-5,8-9,12,21H,6-7,10-11,13H2,1H3. The second-order valence-corrected chi connectivity index (χ2v) is 6.22. The topological polar surface area (TPSA) is 67.1 Å². The van der Waals surface area contributed by atoms with Crippen LogP contribution in [0.4, 0.5) is 5.82 Å². The summed E-state index contributed by atoms with van der Waals surface area (Å²) in [6, 6.07) is 7.80. The predicted molar refractivity (Wildman–Crippen MR) is 96.4 cm³/mol. The molecule has 1 N–H and O–H groups in total. The lowest BCUT2D eigenvalue weighted by molar-refractivity contribution is 0.506. The summed E-state index contributed by atoms with van der Waals surface area (Å²) in [4.78, 5) is 16.0. The van der Waals surface area contributed by atoms with Crippen molar-refractivity contribution in [3.8, 4) is 11.4 Å². The van der Waals surface area contributed by atoms with Crippen molar-refractivity contribution in [2.45, 2.75) is 19.4 Å². The Kier molecular flexibility index (Phi) is 4.43. The van der Waals surface area contributed by atoms with Gasteiger partial charge in [0.2, 0.25) is 0 Å². The molecule has 3 aromatic rings. The average Bonchev–Trinajstić information content (AvgIpc) is 3.04. The molecule has 0 aromatic carbocycles. The number of pyridine rings is 1. The van der Waals surface area contributed by atoms with E-state index in [2.05, 4.69) is 22.2 Å². The second kappa shape index (κ2) is 7.03. The molecular weight excluding hydrogens is 314 g/mol. The summed E-state index contributed by atoms with van der Waals surface area (Å²) in [7, 11) is 2.06. The monoisotopic (exact) mass is 335 g/mol. The van der Waals surface area contributed by atoms with Crippen LogP contribution in [0.2, 0.25) is 0 Å². The molecule has 25 heavy (non-hydrogen) atoms. The first-order valence-electron chi connectivity index (χ1n) is 8.55. The number of rotatable bonds is 4. The highest BCUT2D eigenvalue weighted by molar-refractivity contribution is 5.60. The fraction of sp³-hybridized carbons (Fsp3) is 0.316. The van der Waals surface area contributed by atoms with E-state index in [1.54, 1.807) is 18.7 Å². The van der Waals surface area contributed by atoms with Crippen molar-refractivity contribution in [1.29, 1.82) is 0 Å². The van der Waals surface area contributed by atoms with Crippen LogP contribution in [0.25, 0.3) is 11.4 Å². The number of nitrogens with zero attached hydrogens (tertiary/aromatic N) is 4. The summed E-state index contributed by atoms with van der Waals surface area (Å²) in [6.45, 7) is 2.58. The SMILES string of the molecule is CN(Cc1ccco1)c1nc(-c2ccncc2)nc2c1CCNCC2. The molecule has 6 heteroatoms. The quantitative estimate of drug-likeness (QED) is 0.790. The van der Waals surface area contributed by atoms with Crippen LogP contribution in [0, 0.1) is 0 Å². The lowest BCUT2D eigenvalue weighted by Gasteiger charge is -2.22. The number of fused-ring (bicyclic) bond motifs is 1. The van der Waals surface area contributed by atoms with Crippen LogP contribution < -0.4 is 10.2 Å². The summed E-state index contributed by atoms with van der Waals surface area (Å²) >= 11 is 0. The minimum absolute atomic E-state index is 0.680. The Hall–Kier alpha value is -2.73. The maximum absolute atomic E-state index is 5.50. The normalized spacial score (nSPS) is 14.0. The lowest BCUT2D eigenvalue weighted by Crippen LogP contribution is -2.21. The Labute approximate surface area is 146 Å². The molecule has 0 amide bonds. The first-order chi connectivity index (χ1) is 12.3. The van der Waals surface area contributed by atoms with Crippen molar-refractivity contribution >= 4 is 5.82 Å². The van der Waals surface area contributed by atoms with E-state index in [9.17, 15) is 0 Å². The van der Waals surface area contributed by atoms with Gasteiger partial charge in [-0.25, -0.2) is 9.97 Å². The maximum atomic E-state index is 5.50. The Bertz CT molecular complexity index is 833. The molecule has 0 aliphatic carbocycles. The van der Waals surface area contributed by atoms with E-state index in [1.807, 2.05) is 24.3 Å². The maximum Gasteiger partial charge on any atom is 0.161 e. The number of hydrogen-bond acceptors (Lipinski definition) is 6. The first kappa shape index (κ1) is 15.8. The van der Waals surface area contributed by atoms with Crippen LogP contribution in [-0.4, -0.2) is 35.1 Å². The van der Waals surface area contributed by atoms with Crippen molar-refractivity contribution in [3.63, 3.8) is 0 Å². The number of nitrogens with one attached hydrogen (secondary N) is 1. The van der Waals surface area contributed by atoms with Crippen LogP contribution in [0.3, 0.4) is 0 Å². The number of anilines is 1. The Morgan fingerprint density at radius 2 is 1.96 bits per heavy atom. The molecule has 3 aromatic heterocycles. The van der Waals surface area contributed by atoms with Gasteiger partial charge in [0.05, 0.1) is 18.5 Å².